The first-order valence-corrected chi connectivity index (χ1v) is 10.3. The third-order valence-corrected chi connectivity index (χ3v) is 6.53. The van der Waals surface area contributed by atoms with Crippen LogP contribution in [0.4, 0.5) is 4.79 Å². The van der Waals surface area contributed by atoms with Gasteiger partial charge in [-0.05, 0) is 55.4 Å². The Bertz CT molecular complexity index is 834. The summed E-state index contributed by atoms with van der Waals surface area (Å²) in [6.45, 7) is 4.45. The molecular formula is C24H29NO3. The van der Waals surface area contributed by atoms with Gasteiger partial charge in [0.05, 0.1) is 5.60 Å². The third kappa shape index (κ3) is 3.53. The number of piperidine rings is 2. The Labute approximate surface area is 167 Å². The van der Waals surface area contributed by atoms with Crippen LogP contribution >= 0.6 is 0 Å². The van der Waals surface area contributed by atoms with Gasteiger partial charge in [-0.15, -0.1) is 0 Å². The van der Waals surface area contributed by atoms with Gasteiger partial charge >= 0.3 is 6.09 Å². The van der Waals surface area contributed by atoms with Crippen molar-refractivity contribution in [3.8, 4) is 0 Å². The Balaban J connectivity index is 1.52. The lowest BCUT2D eigenvalue weighted by atomic mass is 9.71. The van der Waals surface area contributed by atoms with Crippen LogP contribution in [0.15, 0.2) is 48.5 Å². The highest BCUT2D eigenvalue weighted by molar-refractivity contribution is 5.69. The molecule has 0 saturated carbocycles. The van der Waals surface area contributed by atoms with E-state index >= 15 is 0 Å². The van der Waals surface area contributed by atoms with E-state index in [1.807, 2.05) is 47.4 Å². The molecule has 2 aromatic rings. The van der Waals surface area contributed by atoms with E-state index in [0.717, 1.165) is 36.0 Å². The molecule has 4 rings (SSSR count). The number of carbonyl (C=O) groups excluding carboxylic acids is 1. The number of amides is 1. The van der Waals surface area contributed by atoms with Crippen LogP contribution < -0.4 is 0 Å². The summed E-state index contributed by atoms with van der Waals surface area (Å²) >= 11 is 0. The van der Waals surface area contributed by atoms with Crippen LogP contribution in [-0.4, -0.2) is 28.2 Å². The zero-order valence-corrected chi connectivity index (χ0v) is 16.7. The molecule has 0 aliphatic carbocycles. The summed E-state index contributed by atoms with van der Waals surface area (Å²) in [5, 5.41) is 11.6. The standard InChI is InChI=1S/C24H29NO3/c1-17-8-6-13-22(18(17)2)24(27)14-20-11-7-12-21(15-24)25(20)23(26)28-16-19-9-4-3-5-10-19/h3-6,8-10,13,20-21,27H,7,11-12,14-16H2,1-2H3. The second kappa shape index (κ2) is 7.59. The summed E-state index contributed by atoms with van der Waals surface area (Å²) in [4.78, 5) is 14.8. The molecule has 4 heteroatoms. The molecular weight excluding hydrogens is 350 g/mol. The van der Waals surface area contributed by atoms with E-state index in [9.17, 15) is 9.90 Å². The summed E-state index contributed by atoms with van der Waals surface area (Å²) in [6, 6.07) is 16.0. The molecule has 2 unspecified atom stereocenters. The molecule has 2 fully saturated rings. The Kier molecular flexibility index (Phi) is 5.15. The number of hydrogen-bond donors (Lipinski definition) is 1. The zero-order valence-electron chi connectivity index (χ0n) is 16.7. The van der Waals surface area contributed by atoms with Crippen LogP contribution in [0, 0.1) is 13.8 Å². The van der Waals surface area contributed by atoms with E-state index in [1.54, 1.807) is 0 Å². The molecule has 2 heterocycles. The molecule has 4 nitrogen and oxygen atoms in total. The van der Waals surface area contributed by atoms with Gasteiger partial charge in [0, 0.05) is 24.9 Å². The molecule has 2 saturated heterocycles. The Hall–Kier alpha value is -2.33. The van der Waals surface area contributed by atoms with E-state index in [2.05, 4.69) is 19.9 Å². The summed E-state index contributed by atoms with van der Waals surface area (Å²) in [6.07, 6.45) is 3.85. The fourth-order valence-corrected chi connectivity index (χ4v) is 5.00. The second-order valence-corrected chi connectivity index (χ2v) is 8.37. The summed E-state index contributed by atoms with van der Waals surface area (Å²) in [5.74, 6) is 0. The van der Waals surface area contributed by atoms with Gasteiger partial charge in [-0.25, -0.2) is 4.79 Å². The first-order chi connectivity index (χ1) is 13.5. The van der Waals surface area contributed by atoms with Gasteiger partial charge in [-0.3, -0.25) is 0 Å². The number of hydrogen-bond acceptors (Lipinski definition) is 3. The van der Waals surface area contributed by atoms with Crippen molar-refractivity contribution in [2.24, 2.45) is 0 Å². The van der Waals surface area contributed by atoms with E-state index in [4.69, 9.17) is 4.74 Å². The van der Waals surface area contributed by atoms with Crippen molar-refractivity contribution in [1.29, 1.82) is 0 Å². The van der Waals surface area contributed by atoms with Gasteiger partial charge in [-0.2, -0.15) is 0 Å². The van der Waals surface area contributed by atoms with Crippen molar-refractivity contribution in [1.82, 2.24) is 4.90 Å². The predicted octanol–water partition coefficient (Wildman–Crippen LogP) is 4.84. The van der Waals surface area contributed by atoms with Crippen molar-refractivity contribution >= 4 is 6.09 Å². The second-order valence-electron chi connectivity index (χ2n) is 8.37. The maximum atomic E-state index is 12.9. The molecule has 1 amide bonds. The fraction of sp³-hybridized carbons (Fsp3) is 0.458. The quantitative estimate of drug-likeness (QED) is 0.830. The largest absolute Gasteiger partial charge is 0.445 e. The molecule has 0 radical (unpaired) electrons. The highest BCUT2D eigenvalue weighted by Crippen LogP contribution is 2.45. The van der Waals surface area contributed by atoms with Gasteiger partial charge < -0.3 is 14.7 Å². The van der Waals surface area contributed by atoms with Crippen LogP contribution in [0.1, 0.15) is 54.4 Å². The number of nitrogens with zero attached hydrogens (tertiary/aromatic N) is 1. The fourth-order valence-electron chi connectivity index (χ4n) is 5.00. The lowest BCUT2D eigenvalue weighted by Gasteiger charge is -2.51. The average molecular weight is 380 g/mol. The molecule has 2 aromatic carbocycles. The third-order valence-electron chi connectivity index (χ3n) is 6.53. The Morgan fingerprint density at radius 3 is 2.43 bits per heavy atom. The molecule has 2 atom stereocenters. The Morgan fingerprint density at radius 1 is 1.07 bits per heavy atom. The maximum Gasteiger partial charge on any atom is 0.410 e. The van der Waals surface area contributed by atoms with Crippen LogP contribution in [0.25, 0.3) is 0 Å². The monoisotopic (exact) mass is 379 g/mol. The van der Waals surface area contributed by atoms with Crippen LogP contribution in [-0.2, 0) is 16.9 Å². The van der Waals surface area contributed by atoms with Gasteiger partial charge in [0.2, 0.25) is 0 Å². The topological polar surface area (TPSA) is 49.8 Å². The van der Waals surface area contributed by atoms with Crippen molar-refractivity contribution in [2.75, 3.05) is 0 Å². The first kappa shape index (κ1) is 19.0. The molecule has 0 spiro atoms. The van der Waals surface area contributed by atoms with Crippen molar-refractivity contribution in [3.05, 3.63) is 70.8 Å². The molecule has 2 aliphatic heterocycles. The van der Waals surface area contributed by atoms with E-state index in [0.29, 0.717) is 12.8 Å². The predicted molar refractivity (Wildman–Crippen MR) is 109 cm³/mol. The number of rotatable bonds is 3. The number of fused-ring (bicyclic) bond motifs is 2. The van der Waals surface area contributed by atoms with Crippen LogP contribution in [0.3, 0.4) is 0 Å². The minimum Gasteiger partial charge on any atom is -0.445 e. The summed E-state index contributed by atoms with van der Waals surface area (Å²) < 4.78 is 5.63. The minimum absolute atomic E-state index is 0.0284. The molecule has 2 bridgehead atoms. The number of aliphatic hydroxyl groups is 1. The molecule has 1 N–H and O–H groups in total. The van der Waals surface area contributed by atoms with Gasteiger partial charge in [-0.1, -0.05) is 48.5 Å². The zero-order chi connectivity index (χ0) is 19.7. The van der Waals surface area contributed by atoms with E-state index in [-0.39, 0.29) is 24.8 Å². The summed E-state index contributed by atoms with van der Waals surface area (Å²) in [7, 11) is 0. The SMILES string of the molecule is Cc1cccc(C2(O)CC3CCCC(C2)N3C(=O)OCc2ccccc2)c1C. The van der Waals surface area contributed by atoms with Crippen molar-refractivity contribution in [3.63, 3.8) is 0 Å². The van der Waals surface area contributed by atoms with E-state index < -0.39 is 5.60 Å². The van der Waals surface area contributed by atoms with Crippen LogP contribution in [0.2, 0.25) is 0 Å². The van der Waals surface area contributed by atoms with Crippen LogP contribution in [0.5, 0.6) is 0 Å². The summed E-state index contributed by atoms with van der Waals surface area (Å²) in [5.41, 5.74) is 3.48. The number of aryl methyl sites for hydroxylation is 1. The van der Waals surface area contributed by atoms with Gasteiger partial charge in [0.1, 0.15) is 6.61 Å². The normalized spacial score (nSPS) is 26.8. The van der Waals surface area contributed by atoms with E-state index in [1.165, 1.54) is 5.56 Å². The van der Waals surface area contributed by atoms with Crippen molar-refractivity contribution in [2.45, 2.75) is 70.2 Å². The minimum atomic E-state index is -0.873. The smallest absolute Gasteiger partial charge is 0.410 e. The lowest BCUT2D eigenvalue weighted by molar-refractivity contribution is -0.0899. The van der Waals surface area contributed by atoms with Crippen molar-refractivity contribution < 1.29 is 14.6 Å². The molecule has 28 heavy (non-hydrogen) atoms. The molecule has 148 valence electrons. The number of benzene rings is 2. The lowest BCUT2D eigenvalue weighted by Crippen LogP contribution is -2.59. The number of ether oxygens (including phenoxy) is 1. The van der Waals surface area contributed by atoms with Gasteiger partial charge in [0.15, 0.2) is 0 Å². The molecule has 2 aliphatic rings. The number of carbonyl (C=O) groups is 1. The first-order valence-electron chi connectivity index (χ1n) is 10.3. The highest BCUT2D eigenvalue weighted by atomic mass is 16.6. The maximum absolute atomic E-state index is 12.9. The average Bonchev–Trinajstić information content (AvgIpc) is 2.68. The molecule has 0 aromatic heterocycles. The van der Waals surface area contributed by atoms with Gasteiger partial charge in [0.25, 0.3) is 0 Å². The Morgan fingerprint density at radius 2 is 1.75 bits per heavy atom. The highest BCUT2D eigenvalue weighted by Gasteiger charge is 2.49.